The highest BCUT2D eigenvalue weighted by Crippen LogP contribution is 2.33. The van der Waals surface area contributed by atoms with Gasteiger partial charge in [-0.25, -0.2) is 4.79 Å². The summed E-state index contributed by atoms with van der Waals surface area (Å²) in [5.41, 5.74) is 0. The van der Waals surface area contributed by atoms with Crippen LogP contribution in [0.25, 0.3) is 0 Å². The largest absolute Gasteiger partial charge is 0.489 e. The minimum Gasteiger partial charge on any atom is -0.489 e. The molecule has 19 heavy (non-hydrogen) atoms. The Labute approximate surface area is 118 Å². The highest BCUT2D eigenvalue weighted by molar-refractivity contribution is 7.14. The lowest BCUT2D eigenvalue weighted by Gasteiger charge is -2.16. The van der Waals surface area contributed by atoms with Gasteiger partial charge in [0, 0.05) is 4.88 Å². The topological polar surface area (TPSA) is 46.5 Å². The molecule has 1 aliphatic carbocycles. The first-order valence-corrected chi connectivity index (χ1v) is 8.05. The number of rotatable bonds is 5. The summed E-state index contributed by atoms with van der Waals surface area (Å²) in [5, 5.41) is 9.26. The lowest BCUT2D eigenvalue weighted by atomic mass is 10.1. The van der Waals surface area contributed by atoms with E-state index in [9.17, 15) is 9.90 Å². The fourth-order valence-corrected chi connectivity index (χ4v) is 3.60. The molecule has 3 nitrogen and oxygen atoms in total. The van der Waals surface area contributed by atoms with Gasteiger partial charge in [0.05, 0.1) is 6.10 Å². The van der Waals surface area contributed by atoms with Crippen LogP contribution in [0.1, 0.15) is 66.4 Å². The summed E-state index contributed by atoms with van der Waals surface area (Å²) >= 11 is 1.36. The van der Waals surface area contributed by atoms with E-state index in [-0.39, 0.29) is 6.10 Å². The third-order valence-corrected chi connectivity index (χ3v) is 4.70. The van der Waals surface area contributed by atoms with Crippen LogP contribution in [-0.2, 0) is 6.42 Å². The molecule has 0 amide bonds. The molecule has 1 aliphatic rings. The van der Waals surface area contributed by atoms with Gasteiger partial charge < -0.3 is 9.84 Å². The Morgan fingerprint density at radius 1 is 1.37 bits per heavy atom. The lowest BCUT2D eigenvalue weighted by Crippen LogP contribution is -2.16. The summed E-state index contributed by atoms with van der Waals surface area (Å²) in [6.07, 6.45) is 9.20. The van der Waals surface area contributed by atoms with Crippen molar-refractivity contribution >= 4 is 17.3 Å². The number of carbonyl (C=O) groups is 1. The average molecular weight is 282 g/mol. The van der Waals surface area contributed by atoms with Crippen LogP contribution in [0.5, 0.6) is 5.75 Å². The standard InChI is InChI=1S/C15H22O3S/c1-2-7-12-10-13(14(19-12)15(16)17)18-11-8-5-3-4-6-9-11/h10-11H,2-9H2,1H3,(H,16,17). The zero-order chi connectivity index (χ0) is 13.7. The van der Waals surface area contributed by atoms with E-state index in [4.69, 9.17) is 4.74 Å². The van der Waals surface area contributed by atoms with Crippen molar-refractivity contribution in [1.29, 1.82) is 0 Å². The van der Waals surface area contributed by atoms with Crippen molar-refractivity contribution < 1.29 is 14.6 Å². The van der Waals surface area contributed by atoms with Crippen LogP contribution in [0.15, 0.2) is 6.07 Å². The van der Waals surface area contributed by atoms with Crippen molar-refractivity contribution in [2.24, 2.45) is 0 Å². The molecule has 1 N–H and O–H groups in total. The summed E-state index contributed by atoms with van der Waals surface area (Å²) in [7, 11) is 0. The fourth-order valence-electron chi connectivity index (χ4n) is 2.57. The second kappa shape index (κ2) is 6.94. The number of carboxylic acid groups (broad SMARTS) is 1. The number of aryl methyl sites for hydroxylation is 1. The average Bonchev–Trinajstić information content (AvgIpc) is 2.59. The Bertz CT molecular complexity index is 417. The maximum absolute atomic E-state index is 11.3. The van der Waals surface area contributed by atoms with Crippen LogP contribution in [0, 0.1) is 0 Å². The number of hydrogen-bond donors (Lipinski definition) is 1. The Hall–Kier alpha value is -1.03. The van der Waals surface area contributed by atoms with Crippen molar-refractivity contribution in [3.05, 3.63) is 15.8 Å². The van der Waals surface area contributed by atoms with Gasteiger partial charge >= 0.3 is 5.97 Å². The molecule has 0 aromatic carbocycles. The molecule has 4 heteroatoms. The maximum atomic E-state index is 11.3. The normalized spacial score (nSPS) is 17.1. The van der Waals surface area contributed by atoms with Crippen molar-refractivity contribution in [3.63, 3.8) is 0 Å². The van der Waals surface area contributed by atoms with E-state index in [2.05, 4.69) is 6.92 Å². The third kappa shape index (κ3) is 3.96. The Balaban J connectivity index is 2.10. The minimum atomic E-state index is -0.865. The van der Waals surface area contributed by atoms with Gasteiger partial charge in [0.25, 0.3) is 0 Å². The van der Waals surface area contributed by atoms with Crippen molar-refractivity contribution in [3.8, 4) is 5.75 Å². The van der Waals surface area contributed by atoms with E-state index >= 15 is 0 Å². The van der Waals surface area contributed by atoms with Crippen LogP contribution >= 0.6 is 11.3 Å². The van der Waals surface area contributed by atoms with Gasteiger partial charge in [0.1, 0.15) is 5.75 Å². The SMILES string of the molecule is CCCc1cc(OC2CCCCCC2)c(C(=O)O)s1. The van der Waals surface area contributed by atoms with Crippen LogP contribution in [0.4, 0.5) is 0 Å². The molecule has 0 atom stereocenters. The molecule has 0 saturated heterocycles. The summed E-state index contributed by atoms with van der Waals surface area (Å²) in [6, 6.07) is 1.93. The molecule has 1 aromatic rings. The summed E-state index contributed by atoms with van der Waals surface area (Å²) in [5.74, 6) is -0.274. The predicted molar refractivity (Wildman–Crippen MR) is 77.4 cm³/mol. The second-order valence-corrected chi connectivity index (χ2v) is 6.33. The van der Waals surface area contributed by atoms with Crippen LogP contribution in [0.3, 0.4) is 0 Å². The first kappa shape index (κ1) is 14.4. The fraction of sp³-hybridized carbons (Fsp3) is 0.667. The highest BCUT2D eigenvalue weighted by atomic mass is 32.1. The summed E-state index contributed by atoms with van der Waals surface area (Å²) in [6.45, 7) is 2.10. The van der Waals surface area contributed by atoms with E-state index in [0.29, 0.717) is 10.6 Å². The van der Waals surface area contributed by atoms with Crippen LogP contribution < -0.4 is 4.74 Å². The maximum Gasteiger partial charge on any atom is 0.349 e. The third-order valence-electron chi connectivity index (χ3n) is 3.54. The zero-order valence-corrected chi connectivity index (χ0v) is 12.3. The Morgan fingerprint density at radius 3 is 2.63 bits per heavy atom. The van der Waals surface area contributed by atoms with Gasteiger partial charge in [0.15, 0.2) is 4.88 Å². The molecule has 1 heterocycles. The molecule has 1 aromatic heterocycles. The van der Waals surface area contributed by atoms with Gasteiger partial charge in [-0.05, 0) is 38.2 Å². The number of ether oxygens (including phenoxy) is 1. The molecule has 1 fully saturated rings. The van der Waals surface area contributed by atoms with Crippen molar-refractivity contribution in [2.45, 2.75) is 64.4 Å². The Kier molecular flexibility index (Phi) is 5.25. The lowest BCUT2D eigenvalue weighted by molar-refractivity contribution is 0.0694. The predicted octanol–water partition coefficient (Wildman–Crippen LogP) is 4.50. The summed E-state index contributed by atoms with van der Waals surface area (Å²) in [4.78, 5) is 12.8. The molecule has 0 unspecified atom stereocenters. The van der Waals surface area contributed by atoms with E-state index in [1.165, 1.54) is 37.0 Å². The summed E-state index contributed by atoms with van der Waals surface area (Å²) < 4.78 is 5.98. The van der Waals surface area contributed by atoms with E-state index in [1.54, 1.807) is 0 Å². The molecular formula is C15H22O3S. The van der Waals surface area contributed by atoms with Crippen molar-refractivity contribution in [1.82, 2.24) is 0 Å². The number of thiophene rings is 1. The highest BCUT2D eigenvalue weighted by Gasteiger charge is 2.21. The van der Waals surface area contributed by atoms with Crippen molar-refractivity contribution in [2.75, 3.05) is 0 Å². The molecular weight excluding hydrogens is 260 g/mol. The van der Waals surface area contributed by atoms with E-state index in [0.717, 1.165) is 30.6 Å². The number of aromatic carboxylic acids is 1. The first-order chi connectivity index (χ1) is 9.20. The molecule has 0 aliphatic heterocycles. The van der Waals surface area contributed by atoms with Gasteiger partial charge in [-0.3, -0.25) is 0 Å². The van der Waals surface area contributed by atoms with Crippen LogP contribution in [-0.4, -0.2) is 17.2 Å². The quantitative estimate of drug-likeness (QED) is 0.809. The number of hydrogen-bond acceptors (Lipinski definition) is 3. The minimum absolute atomic E-state index is 0.199. The van der Waals surface area contributed by atoms with Gasteiger partial charge in [-0.15, -0.1) is 11.3 Å². The van der Waals surface area contributed by atoms with E-state index < -0.39 is 5.97 Å². The molecule has 1 saturated carbocycles. The first-order valence-electron chi connectivity index (χ1n) is 7.23. The second-order valence-electron chi connectivity index (χ2n) is 5.19. The zero-order valence-electron chi connectivity index (χ0n) is 11.5. The molecule has 106 valence electrons. The molecule has 0 bridgehead atoms. The Morgan fingerprint density at radius 2 is 2.05 bits per heavy atom. The van der Waals surface area contributed by atoms with Gasteiger partial charge in [-0.2, -0.15) is 0 Å². The molecule has 0 radical (unpaired) electrons. The smallest absolute Gasteiger partial charge is 0.349 e. The van der Waals surface area contributed by atoms with Crippen LogP contribution in [0.2, 0.25) is 0 Å². The van der Waals surface area contributed by atoms with Gasteiger partial charge in [-0.1, -0.05) is 26.2 Å². The van der Waals surface area contributed by atoms with Gasteiger partial charge in [0.2, 0.25) is 0 Å². The number of carboxylic acids is 1. The molecule has 2 rings (SSSR count). The van der Waals surface area contributed by atoms with E-state index in [1.807, 2.05) is 6.07 Å². The molecule has 0 spiro atoms. The monoisotopic (exact) mass is 282 g/mol.